The molecule has 1 aliphatic rings. The molecule has 1 N–H and O–H groups in total. The first-order valence-electron chi connectivity index (χ1n) is 10.2. The Labute approximate surface area is 173 Å². The van der Waals surface area contributed by atoms with E-state index in [2.05, 4.69) is 29.6 Å². The third-order valence-corrected chi connectivity index (χ3v) is 5.98. The summed E-state index contributed by atoms with van der Waals surface area (Å²) in [4.78, 5) is 12.6. The molecule has 0 spiro atoms. The van der Waals surface area contributed by atoms with Crippen LogP contribution < -0.4 is 19.5 Å². The van der Waals surface area contributed by atoms with Crippen LogP contribution in [0.15, 0.2) is 42.5 Å². The fourth-order valence-electron chi connectivity index (χ4n) is 4.38. The van der Waals surface area contributed by atoms with Crippen molar-refractivity contribution in [1.29, 1.82) is 0 Å². The van der Waals surface area contributed by atoms with Gasteiger partial charge < -0.3 is 19.5 Å². The second kappa shape index (κ2) is 9.68. The molecule has 5 heteroatoms. The average Bonchev–Trinajstić information content (AvgIpc) is 3.26. The molecule has 0 unspecified atom stereocenters. The van der Waals surface area contributed by atoms with Crippen LogP contribution in [-0.4, -0.2) is 33.8 Å². The van der Waals surface area contributed by atoms with Crippen LogP contribution in [0.2, 0.25) is 0 Å². The zero-order chi connectivity index (χ0) is 20.7. The maximum atomic E-state index is 12.6. The Balaban J connectivity index is 1.63. The largest absolute Gasteiger partial charge is 0.493 e. The minimum atomic E-state index is 0.0593. The number of carbonyl (C=O) groups excluding carboxylic acids is 1. The van der Waals surface area contributed by atoms with Gasteiger partial charge in [-0.3, -0.25) is 4.79 Å². The summed E-state index contributed by atoms with van der Waals surface area (Å²) in [6, 6.07) is 14.4. The molecule has 0 aliphatic heterocycles. The molecule has 1 aliphatic carbocycles. The predicted octanol–water partition coefficient (Wildman–Crippen LogP) is 4.27. The molecule has 0 saturated heterocycles. The molecule has 0 radical (unpaired) electrons. The van der Waals surface area contributed by atoms with Crippen molar-refractivity contribution in [1.82, 2.24) is 5.32 Å². The van der Waals surface area contributed by atoms with Crippen molar-refractivity contribution < 1.29 is 19.0 Å². The zero-order valence-corrected chi connectivity index (χ0v) is 17.6. The molecule has 0 aromatic heterocycles. The zero-order valence-electron chi connectivity index (χ0n) is 17.6. The number of carbonyl (C=O) groups is 1. The number of methoxy groups -OCH3 is 3. The van der Waals surface area contributed by atoms with Crippen molar-refractivity contribution in [2.24, 2.45) is 0 Å². The summed E-state index contributed by atoms with van der Waals surface area (Å²) < 4.78 is 16.3. The Hall–Kier alpha value is -2.69. The molecule has 2 aromatic carbocycles. The minimum absolute atomic E-state index is 0.0593. The lowest BCUT2D eigenvalue weighted by atomic mass is 9.79. The quantitative estimate of drug-likeness (QED) is 0.686. The number of hydrogen-bond acceptors (Lipinski definition) is 4. The second-order valence-corrected chi connectivity index (χ2v) is 7.62. The summed E-state index contributed by atoms with van der Waals surface area (Å²) in [5.41, 5.74) is 2.33. The maximum Gasteiger partial charge on any atom is 0.220 e. The SMILES string of the molecule is COc1ccc(CCC(=O)NCC2(c3ccccc3)CCCC2)c(OC)c1OC. The van der Waals surface area contributed by atoms with Crippen molar-refractivity contribution in [3.63, 3.8) is 0 Å². The molecule has 1 saturated carbocycles. The Kier molecular flexibility index (Phi) is 7.02. The molecule has 0 atom stereocenters. The Morgan fingerprint density at radius 1 is 0.931 bits per heavy atom. The van der Waals surface area contributed by atoms with Gasteiger partial charge in [0.15, 0.2) is 11.5 Å². The van der Waals surface area contributed by atoms with Gasteiger partial charge in [-0.1, -0.05) is 49.2 Å². The average molecular weight is 398 g/mol. The van der Waals surface area contributed by atoms with Gasteiger partial charge in [0.2, 0.25) is 11.7 Å². The van der Waals surface area contributed by atoms with E-state index in [0.29, 0.717) is 36.6 Å². The van der Waals surface area contributed by atoms with Crippen molar-refractivity contribution >= 4 is 5.91 Å². The highest BCUT2D eigenvalue weighted by molar-refractivity contribution is 5.76. The summed E-state index contributed by atoms with van der Waals surface area (Å²) >= 11 is 0. The number of benzene rings is 2. The highest BCUT2D eigenvalue weighted by atomic mass is 16.5. The lowest BCUT2D eigenvalue weighted by molar-refractivity contribution is -0.121. The monoisotopic (exact) mass is 397 g/mol. The van der Waals surface area contributed by atoms with Gasteiger partial charge in [-0.15, -0.1) is 0 Å². The van der Waals surface area contributed by atoms with E-state index < -0.39 is 0 Å². The van der Waals surface area contributed by atoms with Crippen LogP contribution >= 0.6 is 0 Å². The molecule has 2 aromatic rings. The van der Waals surface area contributed by atoms with E-state index >= 15 is 0 Å². The van der Waals surface area contributed by atoms with Gasteiger partial charge in [0, 0.05) is 18.4 Å². The highest BCUT2D eigenvalue weighted by Gasteiger charge is 2.35. The minimum Gasteiger partial charge on any atom is -0.493 e. The third kappa shape index (κ3) is 4.66. The van der Waals surface area contributed by atoms with Crippen molar-refractivity contribution in [3.8, 4) is 17.2 Å². The molecule has 0 heterocycles. The standard InChI is InChI=1S/C24H31NO4/c1-27-20-13-11-18(22(28-2)23(20)29-3)12-14-21(26)25-17-24(15-7-8-16-24)19-9-5-4-6-10-19/h4-6,9-11,13H,7-8,12,14-17H2,1-3H3,(H,25,26). The highest BCUT2D eigenvalue weighted by Crippen LogP contribution is 2.41. The van der Waals surface area contributed by atoms with Gasteiger partial charge >= 0.3 is 0 Å². The smallest absolute Gasteiger partial charge is 0.220 e. The van der Waals surface area contributed by atoms with Crippen molar-refractivity contribution in [3.05, 3.63) is 53.6 Å². The van der Waals surface area contributed by atoms with E-state index in [4.69, 9.17) is 14.2 Å². The Bertz CT molecular complexity index is 813. The van der Waals surface area contributed by atoms with Gasteiger partial charge in [-0.2, -0.15) is 0 Å². The maximum absolute atomic E-state index is 12.6. The van der Waals surface area contributed by atoms with Crippen LogP contribution in [0, 0.1) is 0 Å². The van der Waals surface area contributed by atoms with Gasteiger partial charge in [-0.05, 0) is 36.5 Å². The molecule has 29 heavy (non-hydrogen) atoms. The summed E-state index contributed by atoms with van der Waals surface area (Å²) in [6.45, 7) is 0.693. The summed E-state index contributed by atoms with van der Waals surface area (Å²) in [5, 5.41) is 3.19. The van der Waals surface area contributed by atoms with E-state index in [-0.39, 0.29) is 11.3 Å². The van der Waals surface area contributed by atoms with Gasteiger partial charge in [0.05, 0.1) is 21.3 Å². The molecule has 5 nitrogen and oxygen atoms in total. The number of amides is 1. The lowest BCUT2D eigenvalue weighted by Crippen LogP contribution is -2.39. The van der Waals surface area contributed by atoms with Crippen LogP contribution in [0.25, 0.3) is 0 Å². The second-order valence-electron chi connectivity index (χ2n) is 7.62. The predicted molar refractivity (Wildman–Crippen MR) is 114 cm³/mol. The van der Waals surface area contributed by atoms with Crippen LogP contribution in [0.4, 0.5) is 0 Å². The van der Waals surface area contributed by atoms with E-state index in [1.54, 1.807) is 21.3 Å². The molecule has 1 amide bonds. The van der Waals surface area contributed by atoms with E-state index in [1.165, 1.54) is 18.4 Å². The van der Waals surface area contributed by atoms with Crippen molar-refractivity contribution in [2.45, 2.75) is 43.9 Å². The first-order chi connectivity index (χ1) is 14.1. The van der Waals surface area contributed by atoms with E-state index in [9.17, 15) is 4.79 Å². The molecular weight excluding hydrogens is 366 g/mol. The van der Waals surface area contributed by atoms with Crippen LogP contribution in [0.1, 0.15) is 43.2 Å². The number of rotatable bonds is 9. The van der Waals surface area contributed by atoms with Gasteiger partial charge in [0.25, 0.3) is 0 Å². The summed E-state index contributed by atoms with van der Waals surface area (Å²) in [7, 11) is 4.78. The molecule has 156 valence electrons. The van der Waals surface area contributed by atoms with E-state index in [0.717, 1.165) is 18.4 Å². The molecule has 0 bridgehead atoms. The summed E-state index contributed by atoms with van der Waals surface area (Å²) in [5.74, 6) is 1.85. The van der Waals surface area contributed by atoms with Crippen LogP contribution in [0.3, 0.4) is 0 Å². The Morgan fingerprint density at radius 3 is 2.24 bits per heavy atom. The first kappa shape index (κ1) is 21.0. The number of ether oxygens (including phenoxy) is 3. The lowest BCUT2D eigenvalue weighted by Gasteiger charge is -2.30. The molecular formula is C24H31NO4. The van der Waals surface area contributed by atoms with Gasteiger partial charge in [0.1, 0.15) is 0 Å². The number of nitrogens with one attached hydrogen (secondary N) is 1. The van der Waals surface area contributed by atoms with Crippen LogP contribution in [0.5, 0.6) is 17.2 Å². The summed E-state index contributed by atoms with van der Waals surface area (Å²) in [6.07, 6.45) is 5.66. The van der Waals surface area contributed by atoms with Crippen LogP contribution in [-0.2, 0) is 16.6 Å². The number of hydrogen-bond donors (Lipinski definition) is 1. The fourth-order valence-corrected chi connectivity index (χ4v) is 4.38. The first-order valence-corrected chi connectivity index (χ1v) is 10.2. The van der Waals surface area contributed by atoms with E-state index in [1.807, 2.05) is 18.2 Å². The normalized spacial score (nSPS) is 15.0. The Morgan fingerprint density at radius 2 is 1.62 bits per heavy atom. The molecule has 1 fully saturated rings. The van der Waals surface area contributed by atoms with Gasteiger partial charge in [-0.25, -0.2) is 0 Å². The fraction of sp³-hybridized carbons (Fsp3) is 0.458. The third-order valence-electron chi connectivity index (χ3n) is 5.98. The molecule has 3 rings (SSSR count). The topological polar surface area (TPSA) is 56.8 Å². The van der Waals surface area contributed by atoms with Crippen molar-refractivity contribution in [2.75, 3.05) is 27.9 Å². The number of aryl methyl sites for hydroxylation is 1.